The Kier molecular flexibility index (Phi) is 6.23. The number of anilines is 1. The van der Waals surface area contributed by atoms with E-state index in [1.54, 1.807) is 33.6 Å². The fourth-order valence-electron chi connectivity index (χ4n) is 3.33. The smallest absolute Gasteiger partial charge is 0.248 e. The molecule has 158 valence electrons. The van der Waals surface area contributed by atoms with Crippen LogP contribution in [0.25, 0.3) is 11.8 Å². The molecule has 0 saturated carbocycles. The van der Waals surface area contributed by atoms with E-state index in [-0.39, 0.29) is 11.8 Å². The summed E-state index contributed by atoms with van der Waals surface area (Å²) in [6, 6.07) is 15.1. The lowest BCUT2D eigenvalue weighted by molar-refractivity contribution is -0.132. The van der Waals surface area contributed by atoms with Gasteiger partial charge in [-0.05, 0) is 55.3 Å². The number of benzene rings is 2. The van der Waals surface area contributed by atoms with Gasteiger partial charge in [-0.2, -0.15) is 5.10 Å². The van der Waals surface area contributed by atoms with E-state index in [1.807, 2.05) is 68.6 Å². The normalized spacial score (nSPS) is 16.1. The molecule has 1 aliphatic heterocycles. The predicted octanol–water partition coefficient (Wildman–Crippen LogP) is 4.04. The highest BCUT2D eigenvalue weighted by molar-refractivity contribution is 7.99. The van der Waals surface area contributed by atoms with Gasteiger partial charge in [-0.15, -0.1) is 11.8 Å². The van der Waals surface area contributed by atoms with Crippen molar-refractivity contribution in [2.24, 2.45) is 0 Å². The lowest BCUT2D eigenvalue weighted by atomic mass is 10.1. The zero-order valence-electron chi connectivity index (χ0n) is 17.5. The van der Waals surface area contributed by atoms with Crippen molar-refractivity contribution in [3.05, 3.63) is 83.7 Å². The van der Waals surface area contributed by atoms with Gasteiger partial charge in [0.1, 0.15) is 6.04 Å². The number of nitrogens with one attached hydrogen (secondary N) is 1. The standard InChI is InChI=1S/C24H24N4O2S/c1-17-8-10-20(12-18(17)2)26-24(30)22-15-31-16-27(22)23(29)11-9-19-13-25-28(14-19)21-6-4-3-5-7-21/h3-14,22H,15-16H2,1-2H3,(H,26,30)/b11-9+. The fraction of sp³-hybridized carbons (Fsp3) is 0.208. The first kappa shape index (κ1) is 20.9. The molecule has 4 rings (SSSR count). The molecule has 1 N–H and O–H groups in total. The second-order valence-electron chi connectivity index (χ2n) is 7.50. The number of aromatic nitrogens is 2. The van der Waals surface area contributed by atoms with Crippen molar-refractivity contribution in [1.29, 1.82) is 0 Å². The summed E-state index contributed by atoms with van der Waals surface area (Å²) in [4.78, 5) is 27.2. The topological polar surface area (TPSA) is 67.2 Å². The number of aryl methyl sites for hydroxylation is 2. The zero-order chi connectivity index (χ0) is 21.8. The van der Waals surface area contributed by atoms with Gasteiger partial charge in [-0.1, -0.05) is 24.3 Å². The van der Waals surface area contributed by atoms with Crippen LogP contribution in [0.1, 0.15) is 16.7 Å². The zero-order valence-corrected chi connectivity index (χ0v) is 18.3. The van der Waals surface area contributed by atoms with Crippen LogP contribution >= 0.6 is 11.8 Å². The highest BCUT2D eigenvalue weighted by Crippen LogP contribution is 2.23. The molecule has 2 aromatic carbocycles. The Bertz CT molecular complexity index is 1120. The van der Waals surface area contributed by atoms with Gasteiger partial charge in [0.15, 0.2) is 0 Å². The Morgan fingerprint density at radius 1 is 1.13 bits per heavy atom. The highest BCUT2D eigenvalue weighted by Gasteiger charge is 2.33. The molecule has 0 bridgehead atoms. The Morgan fingerprint density at radius 3 is 2.71 bits per heavy atom. The average molecular weight is 433 g/mol. The summed E-state index contributed by atoms with van der Waals surface area (Å²) in [5.74, 6) is 0.740. The summed E-state index contributed by atoms with van der Waals surface area (Å²) < 4.78 is 1.76. The third-order valence-electron chi connectivity index (χ3n) is 5.28. The molecular formula is C24H24N4O2S. The van der Waals surface area contributed by atoms with E-state index in [0.717, 1.165) is 22.5 Å². The Labute approximate surface area is 185 Å². The molecule has 2 amide bonds. The molecule has 1 unspecified atom stereocenters. The summed E-state index contributed by atoms with van der Waals surface area (Å²) in [5.41, 5.74) is 4.81. The van der Waals surface area contributed by atoms with E-state index in [9.17, 15) is 9.59 Å². The summed E-state index contributed by atoms with van der Waals surface area (Å²) in [5, 5.41) is 7.29. The van der Waals surface area contributed by atoms with Gasteiger partial charge in [-0.25, -0.2) is 4.68 Å². The number of rotatable bonds is 5. The molecule has 0 aliphatic carbocycles. The monoisotopic (exact) mass is 432 g/mol. The van der Waals surface area contributed by atoms with Gasteiger partial charge in [0.25, 0.3) is 0 Å². The Hall–Kier alpha value is -3.32. The minimum atomic E-state index is -0.490. The molecule has 7 heteroatoms. The quantitative estimate of drug-likeness (QED) is 0.618. The molecule has 0 spiro atoms. The van der Waals surface area contributed by atoms with Gasteiger partial charge < -0.3 is 10.2 Å². The molecule has 3 aromatic rings. The third-order valence-corrected chi connectivity index (χ3v) is 6.30. The van der Waals surface area contributed by atoms with Crippen LogP contribution in [0.15, 0.2) is 67.0 Å². The van der Waals surface area contributed by atoms with Gasteiger partial charge in [-0.3, -0.25) is 9.59 Å². The molecule has 1 saturated heterocycles. The van der Waals surface area contributed by atoms with Crippen LogP contribution in [0, 0.1) is 13.8 Å². The molecule has 2 heterocycles. The predicted molar refractivity (Wildman–Crippen MR) is 125 cm³/mol. The third kappa shape index (κ3) is 4.88. The molecule has 6 nitrogen and oxygen atoms in total. The van der Waals surface area contributed by atoms with Crippen LogP contribution in [-0.4, -0.2) is 44.2 Å². The number of carbonyl (C=O) groups excluding carboxylic acids is 2. The lowest BCUT2D eigenvalue weighted by Crippen LogP contribution is -2.43. The first-order chi connectivity index (χ1) is 15.0. The maximum absolute atomic E-state index is 12.8. The molecule has 1 aliphatic rings. The van der Waals surface area contributed by atoms with E-state index in [0.29, 0.717) is 11.6 Å². The number of para-hydroxylation sites is 1. The number of nitrogens with zero attached hydrogens (tertiary/aromatic N) is 3. The van der Waals surface area contributed by atoms with Gasteiger partial charge >= 0.3 is 0 Å². The number of amides is 2. The molecule has 1 atom stereocenters. The number of thioether (sulfide) groups is 1. The fourth-order valence-corrected chi connectivity index (χ4v) is 4.49. The van der Waals surface area contributed by atoms with Crippen LogP contribution in [0.3, 0.4) is 0 Å². The molecular weight excluding hydrogens is 408 g/mol. The van der Waals surface area contributed by atoms with Crippen LogP contribution in [0.5, 0.6) is 0 Å². The number of hydrogen-bond acceptors (Lipinski definition) is 4. The summed E-state index contributed by atoms with van der Waals surface area (Å²) in [6.07, 6.45) is 6.81. The largest absolute Gasteiger partial charge is 0.324 e. The minimum Gasteiger partial charge on any atom is -0.324 e. The molecule has 0 radical (unpaired) electrons. The number of carbonyl (C=O) groups is 2. The van der Waals surface area contributed by atoms with Gasteiger partial charge in [0.05, 0.1) is 17.8 Å². The highest BCUT2D eigenvalue weighted by atomic mass is 32.2. The van der Waals surface area contributed by atoms with E-state index in [4.69, 9.17) is 0 Å². The Morgan fingerprint density at radius 2 is 1.94 bits per heavy atom. The van der Waals surface area contributed by atoms with Crippen molar-refractivity contribution < 1.29 is 9.59 Å². The van der Waals surface area contributed by atoms with Crippen molar-refractivity contribution in [3.63, 3.8) is 0 Å². The molecule has 1 fully saturated rings. The maximum atomic E-state index is 12.8. The van der Waals surface area contributed by atoms with Crippen LogP contribution in [0.2, 0.25) is 0 Å². The first-order valence-electron chi connectivity index (χ1n) is 10.1. The van der Waals surface area contributed by atoms with E-state index in [1.165, 1.54) is 11.6 Å². The lowest BCUT2D eigenvalue weighted by Gasteiger charge is -2.22. The SMILES string of the molecule is Cc1ccc(NC(=O)C2CSCN2C(=O)/C=C/c2cnn(-c3ccccc3)c2)cc1C. The summed E-state index contributed by atoms with van der Waals surface area (Å²) in [7, 11) is 0. The molecule has 1 aromatic heterocycles. The van der Waals surface area contributed by atoms with Gasteiger partial charge in [0.2, 0.25) is 11.8 Å². The van der Waals surface area contributed by atoms with E-state index < -0.39 is 6.04 Å². The van der Waals surface area contributed by atoms with E-state index >= 15 is 0 Å². The van der Waals surface area contributed by atoms with Gasteiger partial charge in [0, 0.05) is 29.3 Å². The minimum absolute atomic E-state index is 0.160. The summed E-state index contributed by atoms with van der Waals surface area (Å²) in [6.45, 7) is 4.04. The van der Waals surface area contributed by atoms with Crippen molar-refractivity contribution in [2.45, 2.75) is 19.9 Å². The van der Waals surface area contributed by atoms with Crippen molar-refractivity contribution in [1.82, 2.24) is 14.7 Å². The van der Waals surface area contributed by atoms with Crippen molar-refractivity contribution >= 4 is 35.3 Å². The number of hydrogen-bond donors (Lipinski definition) is 1. The average Bonchev–Trinajstić information content (AvgIpc) is 3.45. The maximum Gasteiger partial charge on any atom is 0.248 e. The van der Waals surface area contributed by atoms with Crippen molar-refractivity contribution in [2.75, 3.05) is 16.9 Å². The first-order valence-corrected chi connectivity index (χ1v) is 11.2. The second-order valence-corrected chi connectivity index (χ2v) is 8.50. The van der Waals surface area contributed by atoms with Crippen molar-refractivity contribution in [3.8, 4) is 5.69 Å². The van der Waals surface area contributed by atoms with Crippen LogP contribution < -0.4 is 5.32 Å². The van der Waals surface area contributed by atoms with Crippen LogP contribution in [0.4, 0.5) is 5.69 Å². The van der Waals surface area contributed by atoms with E-state index in [2.05, 4.69) is 10.4 Å². The second kappa shape index (κ2) is 9.22. The Balaban J connectivity index is 1.41. The summed E-state index contributed by atoms with van der Waals surface area (Å²) >= 11 is 1.58. The molecule has 31 heavy (non-hydrogen) atoms. The van der Waals surface area contributed by atoms with Crippen LogP contribution in [-0.2, 0) is 9.59 Å².